The summed E-state index contributed by atoms with van der Waals surface area (Å²) in [7, 11) is -2.02. The van der Waals surface area contributed by atoms with E-state index < -0.39 is 38.1 Å². The fourth-order valence-electron chi connectivity index (χ4n) is 4.85. The van der Waals surface area contributed by atoms with E-state index in [9.17, 15) is 4.79 Å². The Morgan fingerprint density at radius 2 is 1.83 bits per heavy atom. The van der Waals surface area contributed by atoms with Crippen LogP contribution in [-0.4, -0.2) is 70.2 Å². The average molecular weight is 618 g/mol. The molecule has 3 aromatic heterocycles. The van der Waals surface area contributed by atoms with E-state index in [0.717, 1.165) is 4.88 Å². The minimum absolute atomic E-state index is 0.0632. The molecule has 0 spiro atoms. The third kappa shape index (κ3) is 6.27. The van der Waals surface area contributed by atoms with Gasteiger partial charge in [-0.25, -0.2) is 19.7 Å². The molecule has 0 bridgehead atoms. The summed E-state index contributed by atoms with van der Waals surface area (Å²) in [5.41, 5.74) is 0.291. The van der Waals surface area contributed by atoms with Crippen LogP contribution < -0.4 is 4.90 Å². The van der Waals surface area contributed by atoms with Crippen molar-refractivity contribution in [3.63, 3.8) is 0 Å². The fraction of sp³-hybridized carbons (Fsp3) is 0.655. The van der Waals surface area contributed by atoms with Crippen molar-refractivity contribution in [2.24, 2.45) is 0 Å². The van der Waals surface area contributed by atoms with Gasteiger partial charge in [-0.15, -0.1) is 11.3 Å². The number of anilines is 1. The van der Waals surface area contributed by atoms with Gasteiger partial charge in [0.2, 0.25) is 0 Å². The zero-order chi connectivity index (χ0) is 30.7. The van der Waals surface area contributed by atoms with Crippen LogP contribution in [0.15, 0.2) is 30.2 Å². The van der Waals surface area contributed by atoms with E-state index >= 15 is 0 Å². The van der Waals surface area contributed by atoms with Gasteiger partial charge in [0.15, 0.2) is 37.3 Å². The van der Waals surface area contributed by atoms with Gasteiger partial charge in [-0.1, -0.05) is 26.8 Å². The molecule has 4 atom stereocenters. The van der Waals surface area contributed by atoms with Crippen LogP contribution in [0.4, 0.5) is 10.6 Å². The highest BCUT2D eigenvalue weighted by Crippen LogP contribution is 2.45. The predicted molar refractivity (Wildman–Crippen MR) is 163 cm³/mol. The lowest BCUT2D eigenvalue weighted by atomic mass is 10.1. The van der Waals surface area contributed by atoms with Crippen LogP contribution in [0.1, 0.15) is 66.5 Å². The molecule has 13 heteroatoms. The van der Waals surface area contributed by atoms with Crippen LogP contribution in [-0.2, 0) is 29.9 Å². The average Bonchev–Trinajstić information content (AvgIpc) is 3.63. The quantitative estimate of drug-likeness (QED) is 0.283. The van der Waals surface area contributed by atoms with Crippen molar-refractivity contribution < 1.29 is 28.2 Å². The molecule has 0 N–H and O–H groups in total. The fourth-order valence-corrected chi connectivity index (χ4v) is 6.56. The first-order valence-electron chi connectivity index (χ1n) is 14.3. The first-order chi connectivity index (χ1) is 19.5. The zero-order valence-corrected chi connectivity index (χ0v) is 28.0. The lowest BCUT2D eigenvalue weighted by Gasteiger charge is -2.37. The van der Waals surface area contributed by atoms with Crippen molar-refractivity contribution in [1.82, 2.24) is 19.5 Å². The number of hydrogen-bond acceptors (Lipinski definition) is 10. The number of hydrogen-bond donors (Lipinski definition) is 0. The van der Waals surface area contributed by atoms with E-state index in [4.69, 9.17) is 23.4 Å². The Balaban J connectivity index is 1.48. The Kier molecular flexibility index (Phi) is 8.08. The maximum Gasteiger partial charge on any atom is 0.416 e. The van der Waals surface area contributed by atoms with Crippen LogP contribution in [0.5, 0.6) is 0 Å². The van der Waals surface area contributed by atoms with Gasteiger partial charge in [-0.2, -0.15) is 0 Å². The summed E-state index contributed by atoms with van der Waals surface area (Å²) >= 11 is 1.55. The molecular weight excluding hydrogens is 575 g/mol. The van der Waals surface area contributed by atoms with E-state index in [2.05, 4.69) is 48.8 Å². The highest BCUT2D eigenvalue weighted by atomic mass is 32.1. The van der Waals surface area contributed by atoms with Crippen LogP contribution in [0.25, 0.3) is 11.2 Å². The Morgan fingerprint density at radius 3 is 2.48 bits per heavy atom. The lowest BCUT2D eigenvalue weighted by molar-refractivity contribution is -0.199. The van der Waals surface area contributed by atoms with E-state index in [1.807, 2.05) is 56.7 Å². The van der Waals surface area contributed by atoms with Gasteiger partial charge in [-0.05, 0) is 64.2 Å². The molecule has 0 saturated carbocycles. The molecule has 2 aliphatic heterocycles. The highest BCUT2D eigenvalue weighted by Gasteiger charge is 2.56. The molecule has 2 aliphatic rings. The van der Waals surface area contributed by atoms with E-state index in [1.54, 1.807) is 17.7 Å². The van der Waals surface area contributed by atoms with Gasteiger partial charge in [0.05, 0.1) is 19.5 Å². The largest absolute Gasteiger partial charge is 0.443 e. The van der Waals surface area contributed by atoms with Crippen molar-refractivity contribution in [2.45, 2.75) is 116 Å². The summed E-state index contributed by atoms with van der Waals surface area (Å²) in [5, 5.41) is 2.03. The Morgan fingerprint density at radius 1 is 1.12 bits per heavy atom. The monoisotopic (exact) mass is 617 g/mol. The third-order valence-corrected chi connectivity index (χ3v) is 13.3. The highest BCUT2D eigenvalue weighted by molar-refractivity contribution is 7.09. The van der Waals surface area contributed by atoms with Gasteiger partial charge in [-0.3, -0.25) is 9.47 Å². The SMILES string of the molecule is CC(C)(C)OC(=O)N(Cc1cccs1)c1ncnc2c1ncn2[C@@H]1O[C@H](CO[Si](C)(C)C(C)(C)C)C2OC(C)(C)OC21. The summed E-state index contributed by atoms with van der Waals surface area (Å²) in [4.78, 5) is 29.6. The van der Waals surface area contributed by atoms with E-state index in [1.165, 1.54) is 11.2 Å². The Bertz CT molecular complexity index is 1410. The standard InChI is InChI=1S/C29H43N5O6SSi/c1-27(2,3)40-26(35)33(14-18-12-11-13-41-18)23-20-24(31-16-30-23)34(17-32-20)25-22-21(38-29(7,8)39-22)19(37-25)15-36-42(9,10)28(4,5)6/h11-13,16-17,19,21-22,25H,14-15H2,1-10H3/t19-,21?,22?,25-/m1/s1. The number of carbonyl (C=O) groups is 1. The Labute approximate surface area is 252 Å². The van der Waals surface area contributed by atoms with Crippen LogP contribution in [0.3, 0.4) is 0 Å². The van der Waals surface area contributed by atoms with E-state index in [0.29, 0.717) is 23.6 Å². The molecule has 230 valence electrons. The van der Waals surface area contributed by atoms with Crippen LogP contribution in [0.2, 0.25) is 18.1 Å². The molecule has 42 heavy (non-hydrogen) atoms. The molecule has 5 heterocycles. The molecule has 11 nitrogen and oxygen atoms in total. The number of amides is 1. The van der Waals surface area contributed by atoms with Crippen molar-refractivity contribution in [3.8, 4) is 0 Å². The summed E-state index contributed by atoms with van der Waals surface area (Å²) in [6, 6.07) is 3.92. The minimum Gasteiger partial charge on any atom is -0.443 e. The molecule has 3 aromatic rings. The first kappa shape index (κ1) is 31.0. The molecule has 2 saturated heterocycles. The summed E-state index contributed by atoms with van der Waals surface area (Å²) in [5.74, 6) is -0.421. The number of aromatic nitrogens is 4. The normalized spacial score (nSPS) is 24.2. The molecule has 5 rings (SSSR count). The van der Waals surface area contributed by atoms with Crippen molar-refractivity contribution in [2.75, 3.05) is 11.5 Å². The maximum atomic E-state index is 13.4. The number of carbonyl (C=O) groups excluding carboxylic acids is 1. The van der Waals surface area contributed by atoms with Gasteiger partial charge in [0, 0.05) is 4.88 Å². The topological polar surface area (TPSA) is 110 Å². The number of nitrogens with zero attached hydrogens (tertiary/aromatic N) is 5. The molecule has 1 amide bonds. The number of fused-ring (bicyclic) bond motifs is 2. The second-order valence-electron chi connectivity index (χ2n) is 13.9. The molecule has 0 aromatic carbocycles. The van der Waals surface area contributed by atoms with Gasteiger partial charge < -0.3 is 23.4 Å². The van der Waals surface area contributed by atoms with Crippen molar-refractivity contribution in [1.29, 1.82) is 0 Å². The number of thiophene rings is 1. The van der Waals surface area contributed by atoms with Gasteiger partial charge in [0.25, 0.3) is 0 Å². The molecule has 0 aliphatic carbocycles. The van der Waals surface area contributed by atoms with Gasteiger partial charge in [0.1, 0.15) is 30.2 Å². The molecular formula is C29H43N5O6SSi. The van der Waals surface area contributed by atoms with Crippen molar-refractivity contribution in [3.05, 3.63) is 35.0 Å². The number of ether oxygens (including phenoxy) is 4. The Hall–Kier alpha value is -2.42. The molecule has 2 fully saturated rings. The summed E-state index contributed by atoms with van der Waals surface area (Å²) in [6.07, 6.45) is 0.940. The minimum atomic E-state index is -2.02. The third-order valence-electron chi connectivity index (χ3n) is 7.92. The van der Waals surface area contributed by atoms with Gasteiger partial charge >= 0.3 is 6.09 Å². The second kappa shape index (κ2) is 10.9. The maximum absolute atomic E-state index is 13.4. The lowest BCUT2D eigenvalue weighted by Crippen LogP contribution is -2.44. The van der Waals surface area contributed by atoms with Crippen LogP contribution >= 0.6 is 11.3 Å². The number of imidazole rings is 1. The predicted octanol–water partition coefficient (Wildman–Crippen LogP) is 6.27. The van der Waals surface area contributed by atoms with Crippen molar-refractivity contribution >= 4 is 42.7 Å². The summed E-state index contributed by atoms with van der Waals surface area (Å²) < 4.78 is 33.4. The van der Waals surface area contributed by atoms with Crippen LogP contribution in [0, 0.1) is 0 Å². The molecule has 2 unspecified atom stereocenters. The first-order valence-corrected chi connectivity index (χ1v) is 18.1. The van der Waals surface area contributed by atoms with E-state index in [-0.39, 0.29) is 23.8 Å². The second-order valence-corrected chi connectivity index (χ2v) is 19.7. The molecule has 0 radical (unpaired) electrons. The summed E-state index contributed by atoms with van der Waals surface area (Å²) in [6.45, 7) is 21.1. The number of rotatable bonds is 7. The smallest absolute Gasteiger partial charge is 0.416 e. The zero-order valence-electron chi connectivity index (χ0n) is 26.2.